The van der Waals surface area contributed by atoms with Crippen molar-refractivity contribution in [3.05, 3.63) is 30.1 Å². The molecule has 1 fully saturated rings. The molecule has 1 aromatic carbocycles. The van der Waals surface area contributed by atoms with Gasteiger partial charge in [-0.25, -0.2) is 9.18 Å². The minimum Gasteiger partial charge on any atom is -0.465 e. The summed E-state index contributed by atoms with van der Waals surface area (Å²) >= 11 is 0. The third-order valence-corrected chi connectivity index (χ3v) is 3.59. The number of piperidine rings is 1. The summed E-state index contributed by atoms with van der Waals surface area (Å²) in [6, 6.07) is 6.02. The van der Waals surface area contributed by atoms with Gasteiger partial charge >= 0.3 is 12.0 Å². The van der Waals surface area contributed by atoms with Crippen LogP contribution in [0.5, 0.6) is 0 Å². The van der Waals surface area contributed by atoms with Crippen molar-refractivity contribution in [1.29, 1.82) is 0 Å². The van der Waals surface area contributed by atoms with Crippen molar-refractivity contribution in [2.75, 3.05) is 31.6 Å². The molecule has 2 N–H and O–H groups in total. The van der Waals surface area contributed by atoms with Gasteiger partial charge in [-0.1, -0.05) is 6.07 Å². The first-order valence-corrected chi connectivity index (χ1v) is 7.79. The number of carbonyl (C=O) groups is 2. The SMILES string of the molecule is CCOC(=O)CNC(=O)N1CCC[C@@H](Nc2cccc(F)c2)C1. The molecule has 0 radical (unpaired) electrons. The van der Waals surface area contributed by atoms with E-state index in [-0.39, 0.29) is 31.0 Å². The monoisotopic (exact) mass is 323 g/mol. The van der Waals surface area contributed by atoms with Crippen LogP contribution >= 0.6 is 0 Å². The summed E-state index contributed by atoms with van der Waals surface area (Å²) in [4.78, 5) is 25.0. The molecular formula is C16H22FN3O3. The summed E-state index contributed by atoms with van der Waals surface area (Å²) in [6.07, 6.45) is 1.75. The third-order valence-electron chi connectivity index (χ3n) is 3.59. The van der Waals surface area contributed by atoms with Gasteiger partial charge in [0.05, 0.1) is 6.61 Å². The van der Waals surface area contributed by atoms with Gasteiger partial charge in [-0.05, 0) is 38.0 Å². The lowest BCUT2D eigenvalue weighted by Gasteiger charge is -2.33. The Labute approximate surface area is 135 Å². The molecule has 1 aliphatic rings. The molecule has 6 nitrogen and oxygen atoms in total. The van der Waals surface area contributed by atoms with Crippen LogP contribution in [0.3, 0.4) is 0 Å². The molecule has 0 unspecified atom stereocenters. The average molecular weight is 323 g/mol. The predicted octanol–water partition coefficient (Wildman–Crippen LogP) is 1.97. The van der Waals surface area contributed by atoms with Gasteiger partial charge in [0.2, 0.25) is 0 Å². The van der Waals surface area contributed by atoms with Crippen molar-refractivity contribution < 1.29 is 18.7 Å². The highest BCUT2D eigenvalue weighted by Gasteiger charge is 2.23. The molecule has 0 saturated carbocycles. The first kappa shape index (κ1) is 17.1. The van der Waals surface area contributed by atoms with Gasteiger partial charge in [-0.3, -0.25) is 4.79 Å². The van der Waals surface area contributed by atoms with Crippen molar-refractivity contribution in [2.24, 2.45) is 0 Å². The van der Waals surface area contributed by atoms with E-state index in [9.17, 15) is 14.0 Å². The number of ether oxygens (including phenoxy) is 1. The van der Waals surface area contributed by atoms with Crippen molar-refractivity contribution in [1.82, 2.24) is 10.2 Å². The van der Waals surface area contributed by atoms with Crippen molar-refractivity contribution >= 4 is 17.7 Å². The molecule has 0 aromatic heterocycles. The van der Waals surface area contributed by atoms with E-state index < -0.39 is 5.97 Å². The smallest absolute Gasteiger partial charge is 0.325 e. The maximum absolute atomic E-state index is 13.2. The molecule has 23 heavy (non-hydrogen) atoms. The number of likely N-dealkylation sites (tertiary alicyclic amines) is 1. The van der Waals surface area contributed by atoms with Crippen LogP contribution in [-0.2, 0) is 9.53 Å². The number of hydrogen-bond donors (Lipinski definition) is 2. The van der Waals surface area contributed by atoms with Crippen LogP contribution in [0.25, 0.3) is 0 Å². The van der Waals surface area contributed by atoms with Crippen molar-refractivity contribution in [2.45, 2.75) is 25.8 Å². The van der Waals surface area contributed by atoms with Gasteiger partial charge in [0.25, 0.3) is 0 Å². The fourth-order valence-corrected chi connectivity index (χ4v) is 2.56. The minimum atomic E-state index is -0.452. The molecular weight excluding hydrogens is 301 g/mol. The number of nitrogens with one attached hydrogen (secondary N) is 2. The predicted molar refractivity (Wildman–Crippen MR) is 84.6 cm³/mol. The summed E-state index contributed by atoms with van der Waals surface area (Å²) < 4.78 is 18.0. The van der Waals surface area contributed by atoms with E-state index in [1.165, 1.54) is 12.1 Å². The second kappa shape index (κ2) is 8.36. The Morgan fingerprint density at radius 1 is 1.43 bits per heavy atom. The summed E-state index contributed by atoms with van der Waals surface area (Å²) in [5.41, 5.74) is 0.698. The van der Waals surface area contributed by atoms with E-state index >= 15 is 0 Å². The number of amides is 2. The van der Waals surface area contributed by atoms with E-state index in [4.69, 9.17) is 4.74 Å². The molecule has 0 spiro atoms. The molecule has 126 valence electrons. The Bertz CT molecular complexity index is 553. The number of anilines is 1. The Kier molecular flexibility index (Phi) is 6.19. The fraction of sp³-hybridized carbons (Fsp3) is 0.500. The lowest BCUT2D eigenvalue weighted by atomic mass is 10.1. The van der Waals surface area contributed by atoms with E-state index in [2.05, 4.69) is 10.6 Å². The zero-order valence-corrected chi connectivity index (χ0v) is 13.2. The van der Waals surface area contributed by atoms with Gasteiger partial charge < -0.3 is 20.3 Å². The van der Waals surface area contributed by atoms with Gasteiger partial charge in [-0.15, -0.1) is 0 Å². The highest BCUT2D eigenvalue weighted by atomic mass is 19.1. The van der Waals surface area contributed by atoms with Crippen LogP contribution in [0, 0.1) is 5.82 Å². The first-order chi connectivity index (χ1) is 11.1. The first-order valence-electron chi connectivity index (χ1n) is 7.79. The quantitative estimate of drug-likeness (QED) is 0.813. The number of nitrogens with zero attached hydrogens (tertiary/aromatic N) is 1. The normalized spacial score (nSPS) is 17.5. The maximum Gasteiger partial charge on any atom is 0.325 e. The van der Waals surface area contributed by atoms with Gasteiger partial charge in [0, 0.05) is 24.8 Å². The zero-order valence-electron chi connectivity index (χ0n) is 13.2. The molecule has 1 aliphatic heterocycles. The lowest BCUT2D eigenvalue weighted by Crippen LogP contribution is -2.50. The van der Waals surface area contributed by atoms with Crippen molar-refractivity contribution in [3.8, 4) is 0 Å². The molecule has 1 aromatic rings. The van der Waals surface area contributed by atoms with Crippen LogP contribution in [0.15, 0.2) is 24.3 Å². The second-order valence-electron chi connectivity index (χ2n) is 5.40. The zero-order chi connectivity index (χ0) is 16.7. The Morgan fingerprint density at radius 3 is 3.00 bits per heavy atom. The number of benzene rings is 1. The van der Waals surface area contributed by atoms with E-state index in [1.807, 2.05) is 0 Å². The lowest BCUT2D eigenvalue weighted by molar-refractivity contribution is -0.141. The molecule has 1 atom stereocenters. The number of esters is 1. The van der Waals surface area contributed by atoms with Gasteiger partial charge in [-0.2, -0.15) is 0 Å². The highest BCUT2D eigenvalue weighted by molar-refractivity contribution is 5.81. The standard InChI is InChI=1S/C16H22FN3O3/c1-2-23-15(21)10-18-16(22)20-8-4-7-14(11-20)19-13-6-3-5-12(17)9-13/h3,5-6,9,14,19H,2,4,7-8,10-11H2,1H3,(H,18,22)/t14-/m1/s1. The van der Waals surface area contributed by atoms with Crippen LogP contribution in [0.1, 0.15) is 19.8 Å². The summed E-state index contributed by atoms with van der Waals surface area (Å²) in [5.74, 6) is -0.748. The minimum absolute atomic E-state index is 0.0545. The van der Waals surface area contributed by atoms with Crippen LogP contribution in [0.4, 0.5) is 14.9 Å². The van der Waals surface area contributed by atoms with E-state index in [0.29, 0.717) is 18.8 Å². The molecule has 2 amide bonds. The molecule has 0 aliphatic carbocycles. The topological polar surface area (TPSA) is 70.7 Å². The van der Waals surface area contributed by atoms with Gasteiger partial charge in [0.1, 0.15) is 12.4 Å². The summed E-state index contributed by atoms with van der Waals surface area (Å²) in [7, 11) is 0. The number of halogens is 1. The highest BCUT2D eigenvalue weighted by Crippen LogP contribution is 2.17. The largest absolute Gasteiger partial charge is 0.465 e. The molecule has 2 rings (SSSR count). The number of hydrogen-bond acceptors (Lipinski definition) is 4. The van der Waals surface area contributed by atoms with Crippen molar-refractivity contribution in [3.63, 3.8) is 0 Å². The average Bonchev–Trinajstić information content (AvgIpc) is 2.53. The third kappa shape index (κ3) is 5.43. The molecule has 1 heterocycles. The van der Waals surface area contributed by atoms with E-state index in [0.717, 1.165) is 12.8 Å². The van der Waals surface area contributed by atoms with Crippen LogP contribution in [-0.4, -0.2) is 49.2 Å². The maximum atomic E-state index is 13.2. The Morgan fingerprint density at radius 2 is 2.26 bits per heavy atom. The van der Waals surface area contributed by atoms with E-state index in [1.54, 1.807) is 24.0 Å². The summed E-state index contributed by atoms with van der Waals surface area (Å²) in [5, 5.41) is 5.79. The molecule has 1 saturated heterocycles. The van der Waals surface area contributed by atoms with Gasteiger partial charge in [0.15, 0.2) is 0 Å². The van der Waals surface area contributed by atoms with Crippen LogP contribution < -0.4 is 10.6 Å². The number of rotatable bonds is 5. The summed E-state index contributed by atoms with van der Waals surface area (Å²) in [6.45, 7) is 3.01. The fourth-order valence-electron chi connectivity index (χ4n) is 2.56. The number of urea groups is 1. The molecule has 7 heteroatoms. The Hall–Kier alpha value is -2.31. The van der Waals surface area contributed by atoms with Crippen LogP contribution in [0.2, 0.25) is 0 Å². The molecule has 0 bridgehead atoms. The Balaban J connectivity index is 1.82. The second-order valence-corrected chi connectivity index (χ2v) is 5.40. The number of carbonyl (C=O) groups excluding carboxylic acids is 2.